The third-order valence-corrected chi connectivity index (χ3v) is 3.92. The van der Waals surface area contributed by atoms with Crippen LogP contribution in [0.2, 0.25) is 0 Å². The van der Waals surface area contributed by atoms with Gasteiger partial charge in [-0.1, -0.05) is 18.2 Å². The molecule has 5 N–H and O–H groups in total. The molecule has 0 saturated heterocycles. The predicted octanol–water partition coefficient (Wildman–Crippen LogP) is 2.40. The quantitative estimate of drug-likeness (QED) is 0.630. The first kappa shape index (κ1) is 17.2. The van der Waals surface area contributed by atoms with Crippen molar-refractivity contribution in [3.63, 3.8) is 0 Å². The van der Waals surface area contributed by atoms with Crippen molar-refractivity contribution in [3.8, 4) is 5.75 Å². The van der Waals surface area contributed by atoms with Crippen molar-refractivity contribution in [2.24, 2.45) is 0 Å². The number of aromatic hydroxyl groups is 1. The summed E-state index contributed by atoms with van der Waals surface area (Å²) >= 11 is 0. The Kier molecular flexibility index (Phi) is 5.58. The Morgan fingerprint density at radius 3 is 2.70 bits per heavy atom. The van der Waals surface area contributed by atoms with E-state index in [1.54, 1.807) is 30.5 Å². The van der Waals surface area contributed by atoms with Crippen molar-refractivity contribution in [1.29, 1.82) is 0 Å². The number of aromatic nitrogens is 1. The molecule has 1 aromatic carbocycles. The van der Waals surface area contributed by atoms with Crippen LogP contribution in [0, 0.1) is 0 Å². The summed E-state index contributed by atoms with van der Waals surface area (Å²) in [5.41, 5.74) is 7.26. The lowest BCUT2D eigenvalue weighted by molar-refractivity contribution is 0.159. The zero-order valence-electron chi connectivity index (χ0n) is 13.7. The van der Waals surface area contributed by atoms with Gasteiger partial charge in [0, 0.05) is 23.8 Å². The molecule has 0 radical (unpaired) electrons. The second kappa shape index (κ2) is 7.44. The number of aliphatic hydroxyl groups excluding tert-OH is 1. The van der Waals surface area contributed by atoms with Crippen molar-refractivity contribution >= 4 is 5.82 Å². The predicted molar refractivity (Wildman–Crippen MR) is 92.1 cm³/mol. The van der Waals surface area contributed by atoms with Crippen LogP contribution in [0.15, 0.2) is 42.6 Å². The van der Waals surface area contributed by atoms with E-state index in [-0.39, 0.29) is 5.54 Å². The number of benzene rings is 1. The minimum Gasteiger partial charge on any atom is -0.508 e. The first-order valence-electron chi connectivity index (χ1n) is 7.78. The Hall–Kier alpha value is -2.11. The molecule has 2 aromatic rings. The van der Waals surface area contributed by atoms with E-state index in [2.05, 4.69) is 24.1 Å². The van der Waals surface area contributed by atoms with Gasteiger partial charge in [-0.05, 0) is 50.5 Å². The van der Waals surface area contributed by atoms with E-state index in [0.717, 1.165) is 24.0 Å². The van der Waals surface area contributed by atoms with Gasteiger partial charge in [0.05, 0.1) is 6.10 Å². The van der Waals surface area contributed by atoms with Crippen molar-refractivity contribution in [2.45, 2.75) is 38.3 Å². The highest BCUT2D eigenvalue weighted by Crippen LogP contribution is 2.18. The summed E-state index contributed by atoms with van der Waals surface area (Å²) in [5.74, 6) is 0.736. The normalized spacial score (nSPS) is 13.0. The molecule has 0 fully saturated rings. The van der Waals surface area contributed by atoms with E-state index in [9.17, 15) is 10.2 Å². The summed E-state index contributed by atoms with van der Waals surface area (Å²) in [5, 5.41) is 23.1. The van der Waals surface area contributed by atoms with Crippen LogP contribution >= 0.6 is 0 Å². The van der Waals surface area contributed by atoms with Crippen molar-refractivity contribution < 1.29 is 10.2 Å². The number of nitrogens with two attached hydrogens (primary N) is 1. The van der Waals surface area contributed by atoms with Crippen molar-refractivity contribution in [3.05, 3.63) is 53.7 Å². The number of nitrogen functional groups attached to an aromatic ring is 1. The monoisotopic (exact) mass is 315 g/mol. The highest BCUT2D eigenvalue weighted by molar-refractivity contribution is 5.30. The first-order valence-corrected chi connectivity index (χ1v) is 7.78. The van der Waals surface area contributed by atoms with Gasteiger partial charge >= 0.3 is 0 Å². The average Bonchev–Trinajstić information content (AvgIpc) is 2.52. The third kappa shape index (κ3) is 5.54. The molecule has 0 spiro atoms. The molecule has 0 aliphatic rings. The van der Waals surface area contributed by atoms with Gasteiger partial charge in [0.1, 0.15) is 11.6 Å². The maximum absolute atomic E-state index is 10.2. The van der Waals surface area contributed by atoms with E-state index >= 15 is 0 Å². The van der Waals surface area contributed by atoms with Crippen LogP contribution < -0.4 is 11.1 Å². The summed E-state index contributed by atoms with van der Waals surface area (Å²) in [6.07, 6.45) is 2.72. The Morgan fingerprint density at radius 2 is 2.04 bits per heavy atom. The van der Waals surface area contributed by atoms with Crippen LogP contribution in [0.1, 0.15) is 37.5 Å². The lowest BCUT2D eigenvalue weighted by atomic mass is 9.94. The second-order valence-electron chi connectivity index (χ2n) is 6.47. The van der Waals surface area contributed by atoms with Crippen LogP contribution in [0.5, 0.6) is 5.75 Å². The molecule has 1 atom stereocenters. The number of aliphatic hydroxyl groups is 1. The van der Waals surface area contributed by atoms with Gasteiger partial charge in [0.15, 0.2) is 0 Å². The maximum Gasteiger partial charge on any atom is 0.123 e. The number of pyridine rings is 1. The van der Waals surface area contributed by atoms with Gasteiger partial charge in [0.25, 0.3) is 0 Å². The molecule has 1 heterocycles. The van der Waals surface area contributed by atoms with Gasteiger partial charge in [-0.25, -0.2) is 4.98 Å². The standard InChI is InChI=1S/C18H25N3O2/c1-18(2,9-8-13-4-3-5-15(22)10-13)21-12-16(23)14-6-7-17(19)20-11-14/h3-7,10-11,16,21-23H,8-9,12H2,1-2H3,(H2,19,20). The van der Waals surface area contributed by atoms with Gasteiger partial charge in [-0.3, -0.25) is 0 Å². The Morgan fingerprint density at radius 1 is 1.26 bits per heavy atom. The lowest BCUT2D eigenvalue weighted by Crippen LogP contribution is -2.42. The molecule has 0 amide bonds. The lowest BCUT2D eigenvalue weighted by Gasteiger charge is -2.28. The fraction of sp³-hybridized carbons (Fsp3) is 0.389. The van der Waals surface area contributed by atoms with Crippen LogP contribution in [0.3, 0.4) is 0 Å². The van der Waals surface area contributed by atoms with Gasteiger partial charge in [-0.2, -0.15) is 0 Å². The summed E-state index contributed by atoms with van der Waals surface area (Å²) in [6, 6.07) is 10.8. The molecular weight excluding hydrogens is 290 g/mol. The number of nitrogens with one attached hydrogen (secondary N) is 1. The number of hydrogen-bond acceptors (Lipinski definition) is 5. The topological polar surface area (TPSA) is 91.4 Å². The molecule has 124 valence electrons. The number of phenolic OH excluding ortho intramolecular Hbond substituents is 1. The van der Waals surface area contributed by atoms with Crippen LogP contribution in [0.25, 0.3) is 0 Å². The number of aryl methyl sites for hydroxylation is 1. The highest BCUT2D eigenvalue weighted by atomic mass is 16.3. The summed E-state index contributed by atoms with van der Waals surface area (Å²) in [7, 11) is 0. The van der Waals surface area contributed by atoms with E-state index in [4.69, 9.17) is 5.73 Å². The van der Waals surface area contributed by atoms with E-state index in [0.29, 0.717) is 18.1 Å². The number of nitrogens with zero attached hydrogens (tertiary/aromatic N) is 1. The minimum absolute atomic E-state index is 0.131. The largest absolute Gasteiger partial charge is 0.508 e. The molecule has 2 rings (SSSR count). The Bertz CT molecular complexity index is 626. The van der Waals surface area contributed by atoms with Crippen molar-refractivity contribution in [1.82, 2.24) is 10.3 Å². The summed E-state index contributed by atoms with van der Waals surface area (Å²) in [4.78, 5) is 4.00. The summed E-state index contributed by atoms with van der Waals surface area (Å²) < 4.78 is 0. The number of β-amino-alcohol motifs (C(OH)–C–C–N with tert-alkyl or cyclic N) is 1. The number of phenols is 1. The minimum atomic E-state index is -0.622. The van der Waals surface area contributed by atoms with Crippen LogP contribution in [0.4, 0.5) is 5.82 Å². The molecule has 0 aliphatic carbocycles. The molecule has 5 heteroatoms. The molecule has 23 heavy (non-hydrogen) atoms. The molecule has 1 aromatic heterocycles. The van der Waals surface area contributed by atoms with Crippen LogP contribution in [-0.4, -0.2) is 27.3 Å². The molecular formula is C18H25N3O2. The summed E-state index contributed by atoms with van der Waals surface area (Å²) in [6.45, 7) is 4.64. The third-order valence-electron chi connectivity index (χ3n) is 3.92. The number of rotatable bonds is 7. The molecule has 5 nitrogen and oxygen atoms in total. The maximum atomic E-state index is 10.2. The highest BCUT2D eigenvalue weighted by Gasteiger charge is 2.19. The average molecular weight is 315 g/mol. The second-order valence-corrected chi connectivity index (χ2v) is 6.47. The zero-order valence-corrected chi connectivity index (χ0v) is 13.7. The van der Waals surface area contributed by atoms with Gasteiger partial charge < -0.3 is 21.3 Å². The first-order chi connectivity index (χ1) is 10.9. The van der Waals surface area contributed by atoms with E-state index < -0.39 is 6.10 Å². The SMILES string of the molecule is CC(C)(CCc1cccc(O)c1)NCC(O)c1ccc(N)nc1. The Balaban J connectivity index is 1.84. The number of hydrogen-bond donors (Lipinski definition) is 4. The molecule has 1 unspecified atom stereocenters. The van der Waals surface area contributed by atoms with Gasteiger partial charge in [-0.15, -0.1) is 0 Å². The van der Waals surface area contributed by atoms with E-state index in [1.807, 2.05) is 12.1 Å². The van der Waals surface area contributed by atoms with Crippen LogP contribution in [-0.2, 0) is 6.42 Å². The Labute approximate surface area is 137 Å². The zero-order chi connectivity index (χ0) is 16.9. The molecule has 0 aliphatic heterocycles. The van der Waals surface area contributed by atoms with E-state index in [1.165, 1.54) is 0 Å². The fourth-order valence-electron chi connectivity index (χ4n) is 2.36. The fourth-order valence-corrected chi connectivity index (χ4v) is 2.36. The van der Waals surface area contributed by atoms with Gasteiger partial charge in [0.2, 0.25) is 0 Å². The molecule has 0 bridgehead atoms. The number of anilines is 1. The smallest absolute Gasteiger partial charge is 0.123 e. The van der Waals surface area contributed by atoms with Crippen molar-refractivity contribution in [2.75, 3.05) is 12.3 Å². The molecule has 0 saturated carbocycles.